The Hall–Kier alpha value is -2.12. The van der Waals surface area contributed by atoms with Crippen molar-refractivity contribution in [2.45, 2.75) is 36.6 Å². The van der Waals surface area contributed by atoms with E-state index in [1.54, 1.807) is 6.92 Å². The van der Waals surface area contributed by atoms with Crippen molar-refractivity contribution >= 4 is 16.0 Å². The van der Waals surface area contributed by atoms with Crippen LogP contribution in [0.25, 0.3) is 0 Å². The molecule has 2 N–H and O–H groups in total. The molecule has 24 heavy (non-hydrogen) atoms. The van der Waals surface area contributed by atoms with Gasteiger partial charge in [0.1, 0.15) is 10.7 Å². The van der Waals surface area contributed by atoms with Crippen molar-refractivity contribution in [1.29, 1.82) is 0 Å². The summed E-state index contributed by atoms with van der Waals surface area (Å²) in [5.41, 5.74) is 2.50. The molecule has 1 fully saturated rings. The lowest BCUT2D eigenvalue weighted by molar-refractivity contribution is 0.0660. The Bertz CT molecular complexity index is 930. The van der Waals surface area contributed by atoms with Gasteiger partial charge in [-0.3, -0.25) is 0 Å². The van der Waals surface area contributed by atoms with Crippen molar-refractivity contribution < 1.29 is 22.7 Å². The van der Waals surface area contributed by atoms with Crippen LogP contribution in [0.1, 0.15) is 40.3 Å². The molecule has 2 aliphatic rings. The highest BCUT2D eigenvalue weighted by molar-refractivity contribution is 7.89. The van der Waals surface area contributed by atoms with E-state index in [0.29, 0.717) is 6.42 Å². The molecule has 3 atom stereocenters. The van der Waals surface area contributed by atoms with Crippen LogP contribution < -0.4 is 4.72 Å². The molecule has 2 aromatic rings. The fraction of sp³-hybridized carbons (Fsp3) is 0.353. The first kappa shape index (κ1) is 15.4. The summed E-state index contributed by atoms with van der Waals surface area (Å²) in [6.45, 7) is 1.73. The predicted octanol–water partition coefficient (Wildman–Crippen LogP) is 2.16. The van der Waals surface area contributed by atoms with Gasteiger partial charge in [0.05, 0.1) is 0 Å². The lowest BCUT2D eigenvalue weighted by Gasteiger charge is -2.10. The number of nitrogens with one attached hydrogen (secondary N) is 1. The summed E-state index contributed by atoms with van der Waals surface area (Å²) in [7, 11) is -3.80. The molecule has 1 heterocycles. The quantitative estimate of drug-likeness (QED) is 0.864. The lowest BCUT2D eigenvalue weighted by atomic mass is 10.1. The standard InChI is InChI=1S/C17H17NO5S/c1-2-12-14(8-13(23-12)17(19)20)24(21,22)18-16-11-7-9-5-3-4-6-10(9)15(11)16/h3-6,8,11,15-16,18H,2,7H2,1H3,(H,19,20)/t11-,15+,16+/m0/s1. The molecule has 1 aromatic carbocycles. The van der Waals surface area contributed by atoms with Crippen molar-refractivity contribution in [3.63, 3.8) is 0 Å². The minimum Gasteiger partial charge on any atom is -0.475 e. The van der Waals surface area contributed by atoms with Gasteiger partial charge >= 0.3 is 5.97 Å². The second kappa shape index (κ2) is 5.19. The molecule has 0 amide bonds. The Morgan fingerprint density at radius 3 is 2.83 bits per heavy atom. The van der Waals surface area contributed by atoms with Crippen LogP contribution in [0, 0.1) is 5.92 Å². The highest BCUT2D eigenvalue weighted by Gasteiger charge is 2.57. The van der Waals surface area contributed by atoms with Crippen molar-refractivity contribution in [3.05, 3.63) is 53.0 Å². The Kier molecular flexibility index (Phi) is 3.33. The van der Waals surface area contributed by atoms with Gasteiger partial charge in [-0.1, -0.05) is 31.2 Å². The van der Waals surface area contributed by atoms with E-state index in [9.17, 15) is 13.2 Å². The number of furan rings is 1. The van der Waals surface area contributed by atoms with Crippen LogP contribution in [0.2, 0.25) is 0 Å². The van der Waals surface area contributed by atoms with Gasteiger partial charge in [0.15, 0.2) is 0 Å². The Morgan fingerprint density at radius 1 is 1.38 bits per heavy atom. The number of carboxylic acids is 1. The summed E-state index contributed by atoms with van der Waals surface area (Å²) in [5.74, 6) is -0.956. The zero-order valence-corrected chi connectivity index (χ0v) is 13.8. The molecule has 1 aromatic heterocycles. The van der Waals surface area contributed by atoms with Gasteiger partial charge < -0.3 is 9.52 Å². The topological polar surface area (TPSA) is 96.6 Å². The third-order valence-corrected chi connectivity index (χ3v) is 6.43. The molecule has 1 saturated carbocycles. The smallest absolute Gasteiger partial charge is 0.371 e. The second-order valence-corrected chi connectivity index (χ2v) is 7.98. The fourth-order valence-electron chi connectivity index (χ4n) is 3.75. The average molecular weight is 347 g/mol. The number of hydrogen-bond acceptors (Lipinski definition) is 4. The van der Waals surface area contributed by atoms with Crippen molar-refractivity contribution in [2.75, 3.05) is 0 Å². The Morgan fingerprint density at radius 2 is 2.12 bits per heavy atom. The molecule has 0 saturated heterocycles. The van der Waals surface area contributed by atoms with Gasteiger partial charge in [0, 0.05) is 24.4 Å². The molecule has 0 aliphatic heterocycles. The van der Waals surface area contributed by atoms with E-state index in [4.69, 9.17) is 9.52 Å². The summed E-state index contributed by atoms with van der Waals surface area (Å²) < 4.78 is 33.2. The first-order chi connectivity index (χ1) is 11.4. The van der Waals surface area contributed by atoms with Gasteiger partial charge in [-0.15, -0.1) is 0 Å². The van der Waals surface area contributed by atoms with Crippen LogP contribution in [-0.2, 0) is 22.9 Å². The first-order valence-electron chi connectivity index (χ1n) is 7.88. The number of benzene rings is 1. The summed E-state index contributed by atoms with van der Waals surface area (Å²) in [5, 5.41) is 9.01. The maximum absolute atomic E-state index is 12.7. The van der Waals surface area contributed by atoms with Crippen LogP contribution in [-0.4, -0.2) is 25.5 Å². The van der Waals surface area contributed by atoms with Crippen LogP contribution in [0.3, 0.4) is 0 Å². The maximum Gasteiger partial charge on any atom is 0.371 e. The summed E-state index contributed by atoms with van der Waals surface area (Å²) >= 11 is 0. The van der Waals surface area contributed by atoms with Crippen LogP contribution in [0.15, 0.2) is 39.6 Å². The molecule has 0 radical (unpaired) electrons. The maximum atomic E-state index is 12.7. The summed E-state index contributed by atoms with van der Waals surface area (Å²) in [6, 6.07) is 9.06. The number of carboxylic acid groups (broad SMARTS) is 1. The molecule has 0 spiro atoms. The molecule has 7 heteroatoms. The normalized spacial score (nSPS) is 24.5. The molecule has 2 aliphatic carbocycles. The number of aromatic carboxylic acids is 1. The number of hydrogen-bond donors (Lipinski definition) is 2. The van der Waals surface area contributed by atoms with E-state index >= 15 is 0 Å². The van der Waals surface area contributed by atoms with Crippen LogP contribution >= 0.6 is 0 Å². The minimum atomic E-state index is -3.80. The summed E-state index contributed by atoms with van der Waals surface area (Å²) in [6.07, 6.45) is 1.18. The number of carbonyl (C=O) groups is 1. The van der Waals surface area contributed by atoms with E-state index in [0.717, 1.165) is 12.5 Å². The van der Waals surface area contributed by atoms with Crippen molar-refractivity contribution in [2.24, 2.45) is 5.92 Å². The van der Waals surface area contributed by atoms with Gasteiger partial charge in [0.2, 0.25) is 15.8 Å². The van der Waals surface area contributed by atoms with Gasteiger partial charge in [0.25, 0.3) is 0 Å². The largest absolute Gasteiger partial charge is 0.475 e. The van der Waals surface area contributed by atoms with E-state index in [1.807, 2.05) is 18.2 Å². The van der Waals surface area contributed by atoms with E-state index in [-0.39, 0.29) is 34.3 Å². The zero-order valence-electron chi connectivity index (χ0n) is 13.0. The number of rotatable bonds is 5. The predicted molar refractivity (Wildman–Crippen MR) is 85.5 cm³/mol. The number of fused-ring (bicyclic) bond motifs is 3. The highest BCUT2D eigenvalue weighted by atomic mass is 32.2. The molecular formula is C17H17NO5S. The van der Waals surface area contributed by atoms with Crippen molar-refractivity contribution in [1.82, 2.24) is 4.72 Å². The Balaban J connectivity index is 1.59. The number of sulfonamides is 1. The first-order valence-corrected chi connectivity index (χ1v) is 9.37. The van der Waals surface area contributed by atoms with Crippen LogP contribution in [0.5, 0.6) is 0 Å². The van der Waals surface area contributed by atoms with E-state index < -0.39 is 16.0 Å². The number of aryl methyl sites for hydroxylation is 1. The molecule has 4 rings (SSSR count). The monoisotopic (exact) mass is 347 g/mol. The molecule has 0 bridgehead atoms. The average Bonchev–Trinajstić information content (AvgIpc) is 2.95. The molecule has 6 nitrogen and oxygen atoms in total. The van der Waals surface area contributed by atoms with E-state index in [2.05, 4.69) is 10.8 Å². The second-order valence-electron chi connectivity index (χ2n) is 6.30. The van der Waals surface area contributed by atoms with Gasteiger partial charge in [-0.25, -0.2) is 17.9 Å². The Labute approximate surface area is 139 Å². The zero-order chi connectivity index (χ0) is 17.1. The van der Waals surface area contributed by atoms with Gasteiger partial charge in [-0.2, -0.15) is 0 Å². The lowest BCUT2D eigenvalue weighted by Crippen LogP contribution is -2.29. The third kappa shape index (κ3) is 2.27. The van der Waals surface area contributed by atoms with Gasteiger partial charge in [-0.05, 0) is 23.5 Å². The molecule has 0 unspecified atom stereocenters. The third-order valence-electron chi connectivity index (χ3n) is 4.92. The highest BCUT2D eigenvalue weighted by Crippen LogP contribution is 2.56. The fourth-order valence-corrected chi connectivity index (χ4v) is 5.30. The summed E-state index contributed by atoms with van der Waals surface area (Å²) in [4.78, 5) is 11.0. The van der Waals surface area contributed by atoms with E-state index in [1.165, 1.54) is 11.1 Å². The SMILES string of the molecule is CCc1oc(C(=O)O)cc1S(=O)(=O)N[C@@H]1[C@H]2Cc3ccccc3[C@H]21. The van der Waals surface area contributed by atoms with Crippen molar-refractivity contribution in [3.8, 4) is 0 Å². The molecule has 126 valence electrons. The van der Waals surface area contributed by atoms with Crippen LogP contribution in [0.4, 0.5) is 0 Å². The minimum absolute atomic E-state index is 0.0688. The molecular weight excluding hydrogens is 330 g/mol.